The molecule has 226 valence electrons. The minimum absolute atomic E-state index is 0. The van der Waals surface area contributed by atoms with Crippen molar-refractivity contribution in [3.05, 3.63) is 97.1 Å². The normalized spacial score (nSPS) is 10.7. The third-order valence-corrected chi connectivity index (χ3v) is 6.00. The average Bonchev–Trinajstić information content (AvgIpc) is 3.47. The molecule has 0 amide bonds. The van der Waals surface area contributed by atoms with Gasteiger partial charge in [-0.3, -0.25) is 20.8 Å². The Kier molecular flexibility index (Phi) is 10.3. The summed E-state index contributed by atoms with van der Waals surface area (Å²) < 4.78 is 18.7. The van der Waals surface area contributed by atoms with Gasteiger partial charge in [0.1, 0.15) is 34.4 Å². The third-order valence-electron chi connectivity index (χ3n) is 6.00. The molecule has 11 nitrogen and oxygen atoms in total. The number of furan rings is 1. The number of aromatic nitrogens is 4. The molecule has 5 aromatic rings. The fourth-order valence-corrected chi connectivity index (χ4v) is 4.21. The minimum atomic E-state index is -0.0884. The quantitative estimate of drug-likeness (QED) is 0.0957. The highest BCUT2D eigenvalue weighted by atomic mass is 35.5. The molecule has 4 N–H and O–H groups in total. The Morgan fingerprint density at radius 1 is 0.659 bits per heavy atom. The number of benzene rings is 2. The van der Waals surface area contributed by atoms with Crippen molar-refractivity contribution in [2.24, 2.45) is 0 Å². The number of hydrogen-bond acceptors (Lipinski definition) is 9. The Labute approximate surface area is 261 Å². The van der Waals surface area contributed by atoms with Gasteiger partial charge in [-0.1, -0.05) is 0 Å². The van der Waals surface area contributed by atoms with E-state index in [4.69, 9.17) is 24.7 Å². The predicted molar refractivity (Wildman–Crippen MR) is 173 cm³/mol. The molecule has 0 bridgehead atoms. The van der Waals surface area contributed by atoms with E-state index < -0.39 is 0 Å². The molecule has 44 heavy (non-hydrogen) atoms. The standard InChI is InChI=1S/C32H32N8O3.ClH/c1-19(2)41-29-15-21(39-31(33)25-17-35-11-13-37-25)5-7-23(29)27-9-10-28(43-27)24-8-6-22(16-30(24)42-20(3)4)40-32(34)26-18-36-12-14-38-26;/h5-20H,1-4H3,(H2,33,39)(H2,34,40);1H. The monoisotopic (exact) mass is 612 g/mol. The summed E-state index contributed by atoms with van der Waals surface area (Å²) in [6.07, 6.45) is 9.10. The van der Waals surface area contributed by atoms with Crippen molar-refractivity contribution in [1.82, 2.24) is 19.9 Å². The molecule has 0 atom stereocenters. The second kappa shape index (κ2) is 14.3. The smallest absolute Gasteiger partial charge is 0.150 e. The number of rotatable bonds is 10. The summed E-state index contributed by atoms with van der Waals surface area (Å²) in [6.45, 7) is 7.81. The van der Waals surface area contributed by atoms with E-state index >= 15 is 0 Å². The summed E-state index contributed by atoms with van der Waals surface area (Å²) in [4.78, 5) is 16.4. The number of halogens is 1. The van der Waals surface area contributed by atoms with Crippen molar-refractivity contribution in [2.45, 2.75) is 39.9 Å². The van der Waals surface area contributed by atoms with E-state index in [2.05, 4.69) is 30.6 Å². The second-order valence-corrected chi connectivity index (χ2v) is 10.1. The Hall–Kier alpha value is -5.29. The first-order chi connectivity index (χ1) is 20.8. The zero-order valence-electron chi connectivity index (χ0n) is 24.7. The minimum Gasteiger partial charge on any atom is -0.490 e. The third kappa shape index (κ3) is 7.75. The number of hydrogen-bond donors (Lipinski definition) is 4. The van der Waals surface area contributed by atoms with Gasteiger partial charge in [-0.2, -0.15) is 0 Å². The van der Waals surface area contributed by atoms with E-state index in [-0.39, 0.29) is 36.3 Å². The molecule has 0 aliphatic heterocycles. The lowest BCUT2D eigenvalue weighted by Crippen LogP contribution is -2.14. The number of amidine groups is 2. The zero-order valence-corrected chi connectivity index (χ0v) is 25.5. The van der Waals surface area contributed by atoms with Crippen LogP contribution in [0.5, 0.6) is 11.5 Å². The summed E-state index contributed by atoms with van der Waals surface area (Å²) in [5.41, 5.74) is 3.73. The molecule has 0 fully saturated rings. The van der Waals surface area contributed by atoms with E-state index in [1.165, 1.54) is 12.4 Å². The van der Waals surface area contributed by atoms with Gasteiger partial charge in [-0.25, -0.2) is 9.97 Å². The average molecular weight is 613 g/mol. The molecule has 0 unspecified atom stereocenters. The van der Waals surface area contributed by atoms with Gasteiger partial charge in [0.05, 0.1) is 35.7 Å². The lowest BCUT2D eigenvalue weighted by atomic mass is 10.1. The van der Waals surface area contributed by atoms with Crippen molar-refractivity contribution in [3.8, 4) is 34.1 Å². The topological polar surface area (TPSA) is 155 Å². The van der Waals surface area contributed by atoms with E-state index in [1.54, 1.807) is 24.8 Å². The predicted octanol–water partition coefficient (Wildman–Crippen LogP) is 7.06. The molecule has 3 heterocycles. The molecular weight excluding hydrogens is 580 g/mol. The van der Waals surface area contributed by atoms with E-state index in [0.29, 0.717) is 45.8 Å². The highest BCUT2D eigenvalue weighted by molar-refractivity contribution is 6.05. The van der Waals surface area contributed by atoms with E-state index in [9.17, 15) is 0 Å². The van der Waals surface area contributed by atoms with E-state index in [1.807, 2.05) is 76.2 Å². The molecule has 3 aromatic heterocycles. The molecule has 0 radical (unpaired) electrons. The van der Waals surface area contributed by atoms with Crippen LogP contribution in [-0.4, -0.2) is 43.8 Å². The SMILES string of the molecule is CC(C)Oc1cc(NC(=N)c2cnccn2)ccc1-c1ccc(-c2ccc(NC(=N)c3cnccn3)cc2OC(C)C)o1.Cl. The summed E-state index contributed by atoms with van der Waals surface area (Å²) >= 11 is 0. The Bertz CT molecular complexity index is 1600. The van der Waals surface area contributed by atoms with Crippen molar-refractivity contribution < 1.29 is 13.9 Å². The van der Waals surface area contributed by atoms with Crippen LogP contribution in [0.4, 0.5) is 11.4 Å². The van der Waals surface area contributed by atoms with Gasteiger partial charge in [0.2, 0.25) is 0 Å². The van der Waals surface area contributed by atoms with Crippen LogP contribution in [0.25, 0.3) is 22.6 Å². The zero-order chi connectivity index (χ0) is 30.3. The highest BCUT2D eigenvalue weighted by Gasteiger charge is 2.18. The van der Waals surface area contributed by atoms with Gasteiger partial charge < -0.3 is 24.5 Å². The molecule has 12 heteroatoms. The molecule has 0 aliphatic carbocycles. The summed E-state index contributed by atoms with van der Waals surface area (Å²) in [5.74, 6) is 2.69. The highest BCUT2D eigenvalue weighted by Crippen LogP contribution is 2.40. The molecule has 0 saturated heterocycles. The van der Waals surface area contributed by atoms with Crippen LogP contribution >= 0.6 is 12.4 Å². The molecule has 0 saturated carbocycles. The fraction of sp³-hybridized carbons (Fsp3) is 0.188. The van der Waals surface area contributed by atoms with Gasteiger partial charge in [0, 0.05) is 48.3 Å². The van der Waals surface area contributed by atoms with Gasteiger partial charge >= 0.3 is 0 Å². The first-order valence-electron chi connectivity index (χ1n) is 13.7. The van der Waals surface area contributed by atoms with Crippen LogP contribution in [0.15, 0.2) is 90.1 Å². The first-order valence-corrected chi connectivity index (χ1v) is 13.7. The molecule has 5 rings (SSSR count). The van der Waals surface area contributed by atoms with E-state index in [0.717, 1.165) is 11.1 Å². The maximum absolute atomic E-state index is 8.35. The summed E-state index contributed by atoms with van der Waals surface area (Å²) in [7, 11) is 0. The number of nitrogens with zero attached hydrogens (tertiary/aromatic N) is 4. The number of ether oxygens (including phenoxy) is 2. The maximum atomic E-state index is 8.35. The van der Waals surface area contributed by atoms with Gasteiger partial charge in [-0.05, 0) is 64.1 Å². The van der Waals surface area contributed by atoms with Crippen LogP contribution in [0.1, 0.15) is 39.1 Å². The van der Waals surface area contributed by atoms with Crippen LogP contribution in [0, 0.1) is 10.8 Å². The van der Waals surface area contributed by atoms with Crippen molar-refractivity contribution in [3.63, 3.8) is 0 Å². The second-order valence-electron chi connectivity index (χ2n) is 10.1. The molecule has 0 spiro atoms. The lowest BCUT2D eigenvalue weighted by molar-refractivity contribution is 0.243. The Morgan fingerprint density at radius 3 is 1.45 bits per heavy atom. The van der Waals surface area contributed by atoms with Gasteiger partial charge in [0.15, 0.2) is 11.7 Å². The number of anilines is 2. The molecule has 0 aliphatic rings. The van der Waals surface area contributed by atoms with Crippen molar-refractivity contribution in [1.29, 1.82) is 10.8 Å². The van der Waals surface area contributed by atoms with Crippen molar-refractivity contribution >= 4 is 35.5 Å². The van der Waals surface area contributed by atoms with Crippen LogP contribution in [0.2, 0.25) is 0 Å². The molecular formula is C32H33ClN8O3. The largest absolute Gasteiger partial charge is 0.490 e. The van der Waals surface area contributed by atoms with Gasteiger partial charge in [0.25, 0.3) is 0 Å². The van der Waals surface area contributed by atoms with Crippen LogP contribution in [0.3, 0.4) is 0 Å². The fourth-order valence-electron chi connectivity index (χ4n) is 4.21. The first kappa shape index (κ1) is 31.6. The lowest BCUT2D eigenvalue weighted by Gasteiger charge is -2.16. The van der Waals surface area contributed by atoms with Gasteiger partial charge in [-0.15, -0.1) is 12.4 Å². The summed E-state index contributed by atoms with van der Waals surface area (Å²) in [6, 6.07) is 14.9. The summed E-state index contributed by atoms with van der Waals surface area (Å²) in [5, 5.41) is 22.8. The number of nitrogens with one attached hydrogen (secondary N) is 4. The Balaban J connectivity index is 0.00000442. The van der Waals surface area contributed by atoms with Crippen LogP contribution < -0.4 is 20.1 Å². The Morgan fingerprint density at radius 2 is 1.09 bits per heavy atom. The van der Waals surface area contributed by atoms with Crippen LogP contribution in [-0.2, 0) is 0 Å². The maximum Gasteiger partial charge on any atom is 0.150 e. The van der Waals surface area contributed by atoms with Crippen molar-refractivity contribution in [2.75, 3.05) is 10.6 Å². The molecule has 2 aromatic carbocycles.